The number of rotatable bonds is 2. The number of carbonyl (C=O) groups is 2. The van der Waals surface area contributed by atoms with Crippen LogP contribution in [0.3, 0.4) is 0 Å². The smallest absolute Gasteiger partial charge is 0.257 e. The van der Waals surface area contributed by atoms with Gasteiger partial charge in [0.2, 0.25) is 5.91 Å². The van der Waals surface area contributed by atoms with Crippen LogP contribution in [0.25, 0.3) is 0 Å². The molecule has 1 aromatic heterocycles. The summed E-state index contributed by atoms with van der Waals surface area (Å²) in [6, 6.07) is 0. The second kappa shape index (κ2) is 6.97. The molecule has 2 heterocycles. The number of hydrogen-bond donors (Lipinski definition) is 1. The molecule has 0 bridgehead atoms. The van der Waals surface area contributed by atoms with Crippen molar-refractivity contribution < 1.29 is 14.0 Å². The third kappa shape index (κ3) is 3.20. The van der Waals surface area contributed by atoms with Crippen LogP contribution in [0.15, 0.2) is 4.42 Å². The zero-order chi connectivity index (χ0) is 17.3. The van der Waals surface area contributed by atoms with Crippen molar-refractivity contribution >= 4 is 11.8 Å². The van der Waals surface area contributed by atoms with Crippen LogP contribution in [0, 0.1) is 12.8 Å². The Kier molecular flexibility index (Phi) is 4.94. The molecule has 0 radical (unpaired) electrons. The normalized spacial score (nSPS) is 22.0. The van der Waals surface area contributed by atoms with Crippen molar-refractivity contribution in [2.75, 3.05) is 40.3 Å². The average Bonchev–Trinajstić information content (AvgIpc) is 2.78. The SMILES string of the molecule is CNC(=O)C1CN(C)CCN(C(=O)c2c(C)oc3c2CCCC3)C1. The Balaban J connectivity index is 1.86. The van der Waals surface area contributed by atoms with Gasteiger partial charge in [-0.3, -0.25) is 9.59 Å². The monoisotopic (exact) mass is 333 g/mol. The van der Waals surface area contributed by atoms with E-state index in [1.165, 1.54) is 0 Å². The Labute approximate surface area is 143 Å². The van der Waals surface area contributed by atoms with Gasteiger partial charge in [0, 0.05) is 45.2 Å². The molecular formula is C18H27N3O3. The van der Waals surface area contributed by atoms with Crippen molar-refractivity contribution in [1.29, 1.82) is 0 Å². The van der Waals surface area contributed by atoms with E-state index < -0.39 is 0 Å². The first kappa shape index (κ1) is 17.0. The number of aryl methyl sites for hydroxylation is 2. The van der Waals surface area contributed by atoms with Crippen LogP contribution in [-0.2, 0) is 17.6 Å². The van der Waals surface area contributed by atoms with Gasteiger partial charge in [-0.15, -0.1) is 0 Å². The van der Waals surface area contributed by atoms with Gasteiger partial charge in [-0.05, 0) is 33.2 Å². The highest BCUT2D eigenvalue weighted by Gasteiger charge is 2.32. The topological polar surface area (TPSA) is 65.8 Å². The Morgan fingerprint density at radius 2 is 1.92 bits per heavy atom. The van der Waals surface area contributed by atoms with E-state index in [2.05, 4.69) is 10.2 Å². The predicted molar refractivity (Wildman–Crippen MR) is 91.0 cm³/mol. The van der Waals surface area contributed by atoms with E-state index >= 15 is 0 Å². The molecule has 1 saturated heterocycles. The Hall–Kier alpha value is -1.82. The number of amides is 2. The first-order valence-corrected chi connectivity index (χ1v) is 8.81. The molecule has 0 aromatic carbocycles. The summed E-state index contributed by atoms with van der Waals surface area (Å²) in [5.41, 5.74) is 1.84. The molecule has 1 aliphatic heterocycles. The Bertz CT molecular complexity index is 638. The van der Waals surface area contributed by atoms with Gasteiger partial charge in [0.25, 0.3) is 5.91 Å². The highest BCUT2D eigenvalue weighted by Crippen LogP contribution is 2.30. The molecule has 1 fully saturated rings. The molecule has 1 unspecified atom stereocenters. The molecule has 1 atom stereocenters. The third-order valence-electron chi connectivity index (χ3n) is 5.19. The maximum Gasteiger partial charge on any atom is 0.257 e. The lowest BCUT2D eigenvalue weighted by molar-refractivity contribution is -0.125. The number of furan rings is 1. The molecule has 132 valence electrons. The minimum Gasteiger partial charge on any atom is -0.465 e. The van der Waals surface area contributed by atoms with Crippen LogP contribution in [-0.4, -0.2) is 61.9 Å². The van der Waals surface area contributed by atoms with Crippen molar-refractivity contribution in [3.63, 3.8) is 0 Å². The van der Waals surface area contributed by atoms with Crippen molar-refractivity contribution in [2.24, 2.45) is 5.92 Å². The maximum atomic E-state index is 13.2. The summed E-state index contributed by atoms with van der Waals surface area (Å²) in [4.78, 5) is 29.3. The van der Waals surface area contributed by atoms with Gasteiger partial charge in [0.05, 0.1) is 11.5 Å². The molecule has 0 saturated carbocycles. The molecule has 2 aliphatic rings. The van der Waals surface area contributed by atoms with Crippen LogP contribution in [0.5, 0.6) is 0 Å². The minimum absolute atomic E-state index is 0.00695. The van der Waals surface area contributed by atoms with Gasteiger partial charge in [0.1, 0.15) is 11.5 Å². The number of carbonyl (C=O) groups excluding carboxylic acids is 2. The summed E-state index contributed by atoms with van der Waals surface area (Å²) >= 11 is 0. The van der Waals surface area contributed by atoms with E-state index in [0.717, 1.165) is 54.9 Å². The molecule has 2 amide bonds. The first-order chi connectivity index (χ1) is 11.5. The number of fused-ring (bicyclic) bond motifs is 1. The summed E-state index contributed by atoms with van der Waals surface area (Å²) in [6.07, 6.45) is 4.07. The highest BCUT2D eigenvalue weighted by atomic mass is 16.3. The molecule has 1 aliphatic carbocycles. The quantitative estimate of drug-likeness (QED) is 0.884. The number of likely N-dealkylation sites (N-methyl/N-ethyl adjacent to an activating group) is 1. The van der Waals surface area contributed by atoms with Crippen molar-refractivity contribution in [1.82, 2.24) is 15.1 Å². The fraction of sp³-hybridized carbons (Fsp3) is 0.667. The molecule has 6 nitrogen and oxygen atoms in total. The highest BCUT2D eigenvalue weighted by molar-refractivity contribution is 5.97. The molecule has 1 N–H and O–H groups in total. The van der Waals surface area contributed by atoms with Crippen LogP contribution >= 0.6 is 0 Å². The van der Waals surface area contributed by atoms with E-state index in [4.69, 9.17) is 4.42 Å². The zero-order valence-electron chi connectivity index (χ0n) is 14.9. The van der Waals surface area contributed by atoms with Crippen LogP contribution < -0.4 is 5.32 Å². The number of nitrogens with zero attached hydrogens (tertiary/aromatic N) is 2. The Morgan fingerprint density at radius 3 is 2.67 bits per heavy atom. The summed E-state index contributed by atoms with van der Waals surface area (Å²) in [6.45, 7) is 4.43. The largest absolute Gasteiger partial charge is 0.465 e. The summed E-state index contributed by atoms with van der Waals surface area (Å²) in [5.74, 6) is 1.52. The van der Waals surface area contributed by atoms with Crippen LogP contribution in [0.2, 0.25) is 0 Å². The number of hydrogen-bond acceptors (Lipinski definition) is 4. The molecule has 0 spiro atoms. The zero-order valence-corrected chi connectivity index (χ0v) is 14.9. The Morgan fingerprint density at radius 1 is 1.17 bits per heavy atom. The number of nitrogens with one attached hydrogen (secondary N) is 1. The average molecular weight is 333 g/mol. The summed E-state index contributed by atoms with van der Waals surface area (Å²) in [7, 11) is 3.64. The van der Waals surface area contributed by atoms with E-state index in [9.17, 15) is 9.59 Å². The van der Waals surface area contributed by atoms with E-state index in [-0.39, 0.29) is 17.7 Å². The van der Waals surface area contributed by atoms with Crippen LogP contribution in [0.4, 0.5) is 0 Å². The first-order valence-electron chi connectivity index (χ1n) is 8.81. The van der Waals surface area contributed by atoms with E-state index in [1.54, 1.807) is 7.05 Å². The molecular weight excluding hydrogens is 306 g/mol. The van der Waals surface area contributed by atoms with Gasteiger partial charge in [-0.1, -0.05) is 0 Å². The fourth-order valence-corrected chi connectivity index (χ4v) is 3.87. The molecule has 3 rings (SSSR count). The van der Waals surface area contributed by atoms with Gasteiger partial charge in [-0.25, -0.2) is 0 Å². The lowest BCUT2D eigenvalue weighted by Crippen LogP contribution is -2.41. The van der Waals surface area contributed by atoms with Crippen molar-refractivity contribution in [3.8, 4) is 0 Å². The van der Waals surface area contributed by atoms with E-state index in [0.29, 0.717) is 19.6 Å². The third-order valence-corrected chi connectivity index (χ3v) is 5.19. The summed E-state index contributed by atoms with van der Waals surface area (Å²) in [5, 5.41) is 2.72. The molecule has 1 aromatic rings. The maximum absolute atomic E-state index is 13.2. The minimum atomic E-state index is -0.200. The van der Waals surface area contributed by atoms with Gasteiger partial charge in [-0.2, -0.15) is 0 Å². The summed E-state index contributed by atoms with van der Waals surface area (Å²) < 4.78 is 5.86. The van der Waals surface area contributed by atoms with E-state index in [1.807, 2.05) is 18.9 Å². The van der Waals surface area contributed by atoms with Gasteiger partial charge < -0.3 is 19.5 Å². The predicted octanol–water partition coefficient (Wildman–Crippen LogP) is 1.22. The molecule has 6 heteroatoms. The van der Waals surface area contributed by atoms with Crippen molar-refractivity contribution in [2.45, 2.75) is 32.6 Å². The van der Waals surface area contributed by atoms with Crippen molar-refractivity contribution in [3.05, 3.63) is 22.6 Å². The van der Waals surface area contributed by atoms with Crippen LogP contribution in [0.1, 0.15) is 40.3 Å². The second-order valence-electron chi connectivity index (χ2n) is 6.97. The fourth-order valence-electron chi connectivity index (χ4n) is 3.87. The molecule has 24 heavy (non-hydrogen) atoms. The standard InChI is InChI=1S/C18H27N3O3/c1-12-16(14-6-4-5-7-15(14)24-12)18(23)21-9-8-20(3)10-13(11-21)17(22)19-2/h13H,4-11H2,1-3H3,(H,19,22). The van der Waals surface area contributed by atoms with Gasteiger partial charge in [0.15, 0.2) is 0 Å². The lowest BCUT2D eigenvalue weighted by Gasteiger charge is -2.24. The second-order valence-corrected chi connectivity index (χ2v) is 6.97. The van der Waals surface area contributed by atoms with Gasteiger partial charge >= 0.3 is 0 Å². The lowest BCUT2D eigenvalue weighted by atomic mass is 9.94.